The normalized spacial score (nSPS) is 19.1. The summed E-state index contributed by atoms with van der Waals surface area (Å²) < 4.78 is 0. The predicted molar refractivity (Wildman–Crippen MR) is 77.7 cm³/mol. The summed E-state index contributed by atoms with van der Waals surface area (Å²) in [5.41, 5.74) is 7.09. The highest BCUT2D eigenvalue weighted by atomic mass is 16.2. The van der Waals surface area contributed by atoms with Crippen LogP contribution < -0.4 is 11.1 Å². The Kier molecular flexibility index (Phi) is 4.97. The number of hydrogen-bond acceptors (Lipinski definition) is 2. The Morgan fingerprint density at radius 1 is 1.32 bits per heavy atom. The van der Waals surface area contributed by atoms with Crippen LogP contribution in [0.2, 0.25) is 0 Å². The van der Waals surface area contributed by atoms with Crippen LogP contribution in [0.4, 0.5) is 0 Å². The highest BCUT2D eigenvalue weighted by molar-refractivity contribution is 5.82. The van der Waals surface area contributed by atoms with Gasteiger partial charge in [0.25, 0.3) is 0 Å². The van der Waals surface area contributed by atoms with Gasteiger partial charge in [-0.05, 0) is 37.7 Å². The van der Waals surface area contributed by atoms with E-state index >= 15 is 0 Å². The summed E-state index contributed by atoms with van der Waals surface area (Å²) in [6, 6.07) is 9.73. The quantitative estimate of drug-likeness (QED) is 0.853. The van der Waals surface area contributed by atoms with E-state index in [2.05, 4.69) is 12.2 Å². The molecule has 2 rings (SSSR count). The van der Waals surface area contributed by atoms with E-state index in [1.807, 2.05) is 30.3 Å². The fraction of sp³-hybridized carbons (Fsp3) is 0.562. The van der Waals surface area contributed by atoms with Crippen molar-refractivity contribution >= 4 is 5.91 Å². The van der Waals surface area contributed by atoms with Crippen LogP contribution in [-0.2, 0) is 11.2 Å². The molecule has 1 saturated carbocycles. The van der Waals surface area contributed by atoms with Crippen LogP contribution in [0.3, 0.4) is 0 Å². The van der Waals surface area contributed by atoms with E-state index in [1.54, 1.807) is 0 Å². The minimum atomic E-state index is -0.453. The van der Waals surface area contributed by atoms with Crippen LogP contribution in [0.5, 0.6) is 0 Å². The lowest BCUT2D eigenvalue weighted by molar-refractivity contribution is -0.123. The Balaban J connectivity index is 1.82. The number of benzene rings is 1. The zero-order chi connectivity index (χ0) is 13.7. The van der Waals surface area contributed by atoms with E-state index in [0.717, 1.165) is 5.56 Å². The van der Waals surface area contributed by atoms with Gasteiger partial charge in [-0.25, -0.2) is 0 Å². The van der Waals surface area contributed by atoms with Crippen LogP contribution in [0.1, 0.15) is 38.2 Å². The Labute approximate surface area is 115 Å². The lowest BCUT2D eigenvalue weighted by Gasteiger charge is -2.22. The molecule has 1 aliphatic carbocycles. The maximum Gasteiger partial charge on any atom is 0.237 e. The highest BCUT2D eigenvalue weighted by Crippen LogP contribution is 2.27. The zero-order valence-electron chi connectivity index (χ0n) is 11.6. The standard InChI is InChI=1S/C16H24N2O/c1-12(14-9-5-6-10-14)18-16(19)15(17)11-13-7-3-2-4-8-13/h2-4,7-8,12,14-15H,5-6,9-11,17H2,1H3,(H,18,19). The number of hydrogen-bond donors (Lipinski definition) is 2. The second-order valence-electron chi connectivity index (χ2n) is 5.64. The average Bonchev–Trinajstić information content (AvgIpc) is 2.93. The van der Waals surface area contributed by atoms with E-state index < -0.39 is 6.04 Å². The SMILES string of the molecule is CC(NC(=O)C(N)Cc1ccccc1)C1CCCC1. The molecule has 2 atom stereocenters. The van der Waals surface area contributed by atoms with Crippen molar-refractivity contribution in [1.29, 1.82) is 0 Å². The first-order valence-corrected chi connectivity index (χ1v) is 7.26. The van der Waals surface area contributed by atoms with Crippen molar-refractivity contribution in [2.75, 3.05) is 0 Å². The second-order valence-corrected chi connectivity index (χ2v) is 5.64. The molecule has 1 aromatic rings. The van der Waals surface area contributed by atoms with Gasteiger partial charge in [-0.15, -0.1) is 0 Å². The molecule has 3 heteroatoms. The fourth-order valence-electron chi connectivity index (χ4n) is 2.87. The molecule has 1 aromatic carbocycles. The Morgan fingerprint density at radius 3 is 2.58 bits per heavy atom. The molecule has 3 nitrogen and oxygen atoms in total. The fourth-order valence-corrected chi connectivity index (χ4v) is 2.87. The molecular weight excluding hydrogens is 236 g/mol. The smallest absolute Gasteiger partial charge is 0.237 e. The van der Waals surface area contributed by atoms with Crippen molar-refractivity contribution < 1.29 is 4.79 Å². The summed E-state index contributed by atoms with van der Waals surface area (Å²) in [5, 5.41) is 3.08. The number of amides is 1. The number of carbonyl (C=O) groups is 1. The molecule has 0 aliphatic heterocycles. The van der Waals surface area contributed by atoms with Crippen molar-refractivity contribution in [2.24, 2.45) is 11.7 Å². The predicted octanol–water partition coefficient (Wildman–Crippen LogP) is 2.25. The van der Waals surface area contributed by atoms with Crippen LogP contribution >= 0.6 is 0 Å². The number of carbonyl (C=O) groups excluding carboxylic acids is 1. The molecular formula is C16H24N2O. The van der Waals surface area contributed by atoms with Gasteiger partial charge in [0.15, 0.2) is 0 Å². The monoisotopic (exact) mass is 260 g/mol. The topological polar surface area (TPSA) is 55.1 Å². The van der Waals surface area contributed by atoms with Crippen LogP contribution in [-0.4, -0.2) is 18.0 Å². The van der Waals surface area contributed by atoms with Gasteiger partial charge in [0, 0.05) is 6.04 Å². The second kappa shape index (κ2) is 6.71. The largest absolute Gasteiger partial charge is 0.352 e. The average molecular weight is 260 g/mol. The Hall–Kier alpha value is -1.35. The van der Waals surface area contributed by atoms with Gasteiger partial charge in [0.05, 0.1) is 6.04 Å². The summed E-state index contributed by atoms with van der Waals surface area (Å²) in [6.07, 6.45) is 5.65. The molecule has 1 aliphatic rings. The molecule has 104 valence electrons. The number of nitrogens with one attached hydrogen (secondary N) is 1. The van der Waals surface area contributed by atoms with Gasteiger partial charge >= 0.3 is 0 Å². The first-order valence-electron chi connectivity index (χ1n) is 7.26. The van der Waals surface area contributed by atoms with Gasteiger partial charge in [0.1, 0.15) is 0 Å². The third-order valence-corrected chi connectivity index (χ3v) is 4.11. The molecule has 0 bridgehead atoms. The third kappa shape index (κ3) is 4.06. The highest BCUT2D eigenvalue weighted by Gasteiger charge is 2.24. The summed E-state index contributed by atoms with van der Waals surface area (Å²) >= 11 is 0. The van der Waals surface area contributed by atoms with Crippen LogP contribution in [0.25, 0.3) is 0 Å². The number of rotatable bonds is 5. The summed E-state index contributed by atoms with van der Waals surface area (Å²) in [7, 11) is 0. The minimum absolute atomic E-state index is 0.0248. The molecule has 0 spiro atoms. The van der Waals surface area contributed by atoms with Crippen LogP contribution in [0, 0.1) is 5.92 Å². The van der Waals surface area contributed by atoms with E-state index in [-0.39, 0.29) is 11.9 Å². The molecule has 1 fully saturated rings. The first-order chi connectivity index (χ1) is 9.16. The summed E-state index contributed by atoms with van der Waals surface area (Å²) in [4.78, 5) is 12.1. The molecule has 0 heterocycles. The van der Waals surface area contributed by atoms with Crippen molar-refractivity contribution in [2.45, 2.75) is 51.1 Å². The minimum Gasteiger partial charge on any atom is -0.352 e. The molecule has 2 unspecified atom stereocenters. The van der Waals surface area contributed by atoms with Crippen molar-refractivity contribution in [3.8, 4) is 0 Å². The van der Waals surface area contributed by atoms with E-state index in [4.69, 9.17) is 5.73 Å². The summed E-state index contributed by atoms with van der Waals surface area (Å²) in [5.74, 6) is 0.608. The molecule has 3 N–H and O–H groups in total. The Bertz CT molecular complexity index is 398. The molecule has 0 saturated heterocycles. The Morgan fingerprint density at radius 2 is 1.95 bits per heavy atom. The van der Waals surface area contributed by atoms with Crippen molar-refractivity contribution in [3.05, 3.63) is 35.9 Å². The molecule has 0 radical (unpaired) electrons. The molecule has 19 heavy (non-hydrogen) atoms. The summed E-state index contributed by atoms with van der Waals surface area (Å²) in [6.45, 7) is 2.10. The maximum absolute atomic E-state index is 12.1. The first kappa shape index (κ1) is 14.1. The lowest BCUT2D eigenvalue weighted by atomic mass is 9.99. The van der Waals surface area contributed by atoms with Gasteiger partial charge < -0.3 is 11.1 Å². The number of nitrogens with two attached hydrogens (primary N) is 1. The maximum atomic E-state index is 12.1. The van der Waals surface area contributed by atoms with E-state index in [1.165, 1.54) is 25.7 Å². The third-order valence-electron chi connectivity index (χ3n) is 4.11. The van der Waals surface area contributed by atoms with Crippen LogP contribution in [0.15, 0.2) is 30.3 Å². The van der Waals surface area contributed by atoms with Crippen molar-refractivity contribution in [1.82, 2.24) is 5.32 Å². The zero-order valence-corrected chi connectivity index (χ0v) is 11.6. The van der Waals surface area contributed by atoms with E-state index in [0.29, 0.717) is 12.3 Å². The van der Waals surface area contributed by atoms with Gasteiger partial charge in [-0.2, -0.15) is 0 Å². The van der Waals surface area contributed by atoms with Crippen molar-refractivity contribution in [3.63, 3.8) is 0 Å². The lowest BCUT2D eigenvalue weighted by Crippen LogP contribution is -2.47. The van der Waals surface area contributed by atoms with Gasteiger partial charge in [-0.3, -0.25) is 4.79 Å². The van der Waals surface area contributed by atoms with Gasteiger partial charge in [0.2, 0.25) is 5.91 Å². The van der Waals surface area contributed by atoms with E-state index in [9.17, 15) is 4.79 Å². The molecule has 0 aromatic heterocycles. The van der Waals surface area contributed by atoms with Gasteiger partial charge in [-0.1, -0.05) is 43.2 Å². The molecule has 1 amide bonds.